The second-order valence-corrected chi connectivity index (χ2v) is 4.30. The van der Waals surface area contributed by atoms with Crippen LogP contribution in [0.15, 0.2) is 18.2 Å². The average Bonchev–Trinajstić information content (AvgIpc) is 2.70. The molecule has 1 aromatic rings. The molecule has 0 bridgehead atoms. The summed E-state index contributed by atoms with van der Waals surface area (Å²) in [5.41, 5.74) is 0.898. The second kappa shape index (κ2) is 4.19. The van der Waals surface area contributed by atoms with E-state index in [1.807, 2.05) is 0 Å². The predicted molar refractivity (Wildman–Crippen MR) is 56.2 cm³/mol. The fourth-order valence-electron chi connectivity index (χ4n) is 1.54. The zero-order valence-electron chi connectivity index (χ0n) is 7.92. The Labute approximate surface area is 86.8 Å². The number of methoxy groups -OCH3 is 1. The first-order valence-corrected chi connectivity index (χ1v) is 5.54. The van der Waals surface area contributed by atoms with Gasteiger partial charge in [0.1, 0.15) is 11.6 Å². The molecule has 1 aliphatic heterocycles. The quantitative estimate of drug-likeness (QED) is 0.813. The highest BCUT2D eigenvalue weighted by Gasteiger charge is 2.20. The van der Waals surface area contributed by atoms with Crippen molar-refractivity contribution in [2.24, 2.45) is 0 Å². The zero-order valence-corrected chi connectivity index (χ0v) is 8.73. The molecular weight excluding hydrogens is 201 g/mol. The number of thioether (sulfide) groups is 1. The van der Waals surface area contributed by atoms with Crippen molar-refractivity contribution >= 4 is 11.8 Å². The van der Waals surface area contributed by atoms with E-state index in [0.29, 0.717) is 0 Å². The standard InChI is InChI=1S/C10H12FNOS/c1-13-9-3-2-7(11)6-8(9)10-12-4-5-14-10/h2-3,6,10,12H,4-5H2,1H3. The lowest BCUT2D eigenvalue weighted by Gasteiger charge is -2.14. The van der Waals surface area contributed by atoms with Crippen molar-refractivity contribution < 1.29 is 9.13 Å². The summed E-state index contributed by atoms with van der Waals surface area (Å²) in [5.74, 6) is 1.60. The molecule has 1 atom stereocenters. The van der Waals surface area contributed by atoms with Gasteiger partial charge in [0, 0.05) is 17.9 Å². The molecule has 14 heavy (non-hydrogen) atoms. The minimum atomic E-state index is -0.213. The minimum absolute atomic E-state index is 0.167. The Morgan fingerprint density at radius 2 is 2.43 bits per heavy atom. The van der Waals surface area contributed by atoms with Gasteiger partial charge in [-0.3, -0.25) is 0 Å². The van der Waals surface area contributed by atoms with Crippen LogP contribution in [-0.2, 0) is 0 Å². The Morgan fingerprint density at radius 3 is 3.07 bits per heavy atom. The van der Waals surface area contributed by atoms with Crippen LogP contribution in [0, 0.1) is 5.82 Å². The minimum Gasteiger partial charge on any atom is -0.496 e. The first-order chi connectivity index (χ1) is 6.81. The van der Waals surface area contributed by atoms with Gasteiger partial charge < -0.3 is 10.1 Å². The number of nitrogens with one attached hydrogen (secondary N) is 1. The molecule has 1 fully saturated rings. The molecule has 1 saturated heterocycles. The first-order valence-electron chi connectivity index (χ1n) is 4.49. The molecule has 2 rings (SSSR count). The molecule has 76 valence electrons. The van der Waals surface area contributed by atoms with Gasteiger partial charge in [0.25, 0.3) is 0 Å². The third-order valence-corrected chi connectivity index (χ3v) is 3.38. The van der Waals surface area contributed by atoms with Crippen LogP contribution in [0.5, 0.6) is 5.75 Å². The molecule has 0 radical (unpaired) electrons. The molecule has 0 saturated carbocycles. The molecule has 4 heteroatoms. The second-order valence-electron chi connectivity index (χ2n) is 3.09. The smallest absolute Gasteiger partial charge is 0.124 e. The molecular formula is C10H12FNOS. The molecule has 1 aliphatic rings. The zero-order chi connectivity index (χ0) is 9.97. The van der Waals surface area contributed by atoms with Crippen molar-refractivity contribution in [2.75, 3.05) is 19.4 Å². The lowest BCUT2D eigenvalue weighted by atomic mass is 10.2. The van der Waals surface area contributed by atoms with Crippen LogP contribution in [0.4, 0.5) is 4.39 Å². The molecule has 1 heterocycles. The summed E-state index contributed by atoms with van der Waals surface area (Å²) in [6.45, 7) is 0.967. The van der Waals surface area contributed by atoms with Crippen LogP contribution in [0.2, 0.25) is 0 Å². The van der Waals surface area contributed by atoms with E-state index in [1.165, 1.54) is 12.1 Å². The highest BCUT2D eigenvalue weighted by Crippen LogP contribution is 2.35. The lowest BCUT2D eigenvalue weighted by molar-refractivity contribution is 0.406. The van der Waals surface area contributed by atoms with Gasteiger partial charge in [-0.2, -0.15) is 0 Å². The number of benzene rings is 1. The van der Waals surface area contributed by atoms with Gasteiger partial charge in [0.15, 0.2) is 0 Å². The van der Waals surface area contributed by atoms with Crippen molar-refractivity contribution in [2.45, 2.75) is 5.37 Å². The number of halogens is 1. The Morgan fingerprint density at radius 1 is 1.57 bits per heavy atom. The van der Waals surface area contributed by atoms with Crippen LogP contribution in [-0.4, -0.2) is 19.4 Å². The van der Waals surface area contributed by atoms with Gasteiger partial charge in [-0.05, 0) is 18.2 Å². The molecule has 0 aliphatic carbocycles. The van der Waals surface area contributed by atoms with Gasteiger partial charge >= 0.3 is 0 Å². The summed E-state index contributed by atoms with van der Waals surface area (Å²) in [7, 11) is 1.61. The maximum absolute atomic E-state index is 13.0. The summed E-state index contributed by atoms with van der Waals surface area (Å²) in [4.78, 5) is 0. The summed E-state index contributed by atoms with van der Waals surface area (Å²) < 4.78 is 18.2. The predicted octanol–water partition coefficient (Wildman–Crippen LogP) is 2.17. The molecule has 1 aromatic carbocycles. The Kier molecular flexibility index (Phi) is 2.93. The highest BCUT2D eigenvalue weighted by molar-refractivity contribution is 7.99. The van der Waals surface area contributed by atoms with E-state index in [9.17, 15) is 4.39 Å². The van der Waals surface area contributed by atoms with E-state index in [0.717, 1.165) is 23.6 Å². The van der Waals surface area contributed by atoms with Crippen molar-refractivity contribution in [1.82, 2.24) is 5.32 Å². The van der Waals surface area contributed by atoms with Crippen LogP contribution in [0.3, 0.4) is 0 Å². The number of rotatable bonds is 2. The molecule has 2 nitrogen and oxygen atoms in total. The molecule has 1 N–H and O–H groups in total. The number of hydrogen-bond donors (Lipinski definition) is 1. The Hall–Kier alpha value is -0.740. The largest absolute Gasteiger partial charge is 0.496 e. The monoisotopic (exact) mass is 213 g/mol. The van der Waals surface area contributed by atoms with Crippen molar-refractivity contribution in [3.05, 3.63) is 29.6 Å². The molecule has 0 amide bonds. The van der Waals surface area contributed by atoms with E-state index in [-0.39, 0.29) is 11.2 Å². The summed E-state index contributed by atoms with van der Waals surface area (Å²) >= 11 is 1.78. The SMILES string of the molecule is COc1ccc(F)cc1C1NCCS1. The number of hydrogen-bond acceptors (Lipinski definition) is 3. The van der Waals surface area contributed by atoms with Crippen molar-refractivity contribution in [3.8, 4) is 5.75 Å². The lowest BCUT2D eigenvalue weighted by Crippen LogP contribution is -2.13. The molecule has 0 spiro atoms. The fraction of sp³-hybridized carbons (Fsp3) is 0.400. The molecule has 1 unspecified atom stereocenters. The Balaban J connectivity index is 2.33. The summed E-state index contributed by atoms with van der Waals surface area (Å²) in [6.07, 6.45) is 0. The third kappa shape index (κ3) is 1.86. The third-order valence-electron chi connectivity index (χ3n) is 2.19. The topological polar surface area (TPSA) is 21.3 Å². The normalized spacial score (nSPS) is 21.1. The first kappa shape index (κ1) is 9.80. The van der Waals surface area contributed by atoms with Crippen LogP contribution in [0.25, 0.3) is 0 Å². The van der Waals surface area contributed by atoms with Crippen molar-refractivity contribution in [1.29, 1.82) is 0 Å². The van der Waals surface area contributed by atoms with Gasteiger partial charge in [0.2, 0.25) is 0 Å². The van der Waals surface area contributed by atoms with Gasteiger partial charge in [0.05, 0.1) is 12.5 Å². The van der Waals surface area contributed by atoms with Crippen LogP contribution < -0.4 is 10.1 Å². The summed E-state index contributed by atoms with van der Waals surface area (Å²) in [6, 6.07) is 4.63. The van der Waals surface area contributed by atoms with Crippen LogP contribution >= 0.6 is 11.8 Å². The van der Waals surface area contributed by atoms with E-state index in [1.54, 1.807) is 24.9 Å². The highest BCUT2D eigenvalue weighted by atomic mass is 32.2. The van der Waals surface area contributed by atoms with E-state index in [4.69, 9.17) is 4.74 Å². The van der Waals surface area contributed by atoms with Gasteiger partial charge in [-0.25, -0.2) is 4.39 Å². The van der Waals surface area contributed by atoms with E-state index < -0.39 is 0 Å². The van der Waals surface area contributed by atoms with Gasteiger partial charge in [-0.15, -0.1) is 11.8 Å². The molecule has 0 aromatic heterocycles. The maximum Gasteiger partial charge on any atom is 0.124 e. The van der Waals surface area contributed by atoms with E-state index >= 15 is 0 Å². The number of ether oxygens (including phenoxy) is 1. The van der Waals surface area contributed by atoms with Crippen molar-refractivity contribution in [3.63, 3.8) is 0 Å². The average molecular weight is 213 g/mol. The van der Waals surface area contributed by atoms with Crippen LogP contribution in [0.1, 0.15) is 10.9 Å². The fourth-order valence-corrected chi connectivity index (χ4v) is 2.61. The Bertz CT molecular complexity index is 326. The maximum atomic E-state index is 13.0. The summed E-state index contributed by atoms with van der Waals surface area (Å²) in [5, 5.41) is 3.46. The van der Waals surface area contributed by atoms with E-state index in [2.05, 4.69) is 5.32 Å². The van der Waals surface area contributed by atoms with Gasteiger partial charge in [-0.1, -0.05) is 0 Å².